The Kier molecular flexibility index (Phi) is 10.2. The molecule has 11 heteroatoms. The number of thioether (sulfide) groups is 2. The topological polar surface area (TPSA) is 134 Å². The molecule has 3 aromatic carbocycles. The molecular weight excluding hydrogens is 598 g/mol. The molecule has 0 aliphatic heterocycles. The number of aromatic nitrogens is 5. The van der Waals surface area contributed by atoms with Gasteiger partial charge in [0.15, 0.2) is 22.2 Å². The van der Waals surface area contributed by atoms with Gasteiger partial charge in [-0.05, 0) is 23.3 Å². The first-order chi connectivity index (χ1) is 21.0. The van der Waals surface area contributed by atoms with Crippen molar-refractivity contribution >= 4 is 64.1 Å². The number of benzene rings is 3. The number of aldehydes is 1. The van der Waals surface area contributed by atoms with Crippen LogP contribution in [0, 0.1) is 0 Å². The van der Waals surface area contributed by atoms with E-state index in [0.29, 0.717) is 38.7 Å². The molecule has 3 heterocycles. The van der Waals surface area contributed by atoms with Crippen molar-refractivity contribution in [2.24, 2.45) is 0 Å². The van der Waals surface area contributed by atoms with Crippen molar-refractivity contribution in [3.8, 4) is 11.1 Å². The molecule has 3 aromatic heterocycles. The standard InChI is InChI=1S/C20H15ClN4S.C12H11N3OS/c21-17-9-5-4-8-15(17)16-10-14-11-23-20(25-19(14)24-18(16)22)26-12-13-6-2-1-3-7-13;13-11-10(7-16)6-14-12(15-11)17-8-9-4-2-1-3-5-9/h1-11H,12H2,(H2,22,23,24,25);1-7H,8H2,(H2,13,14,15). The fourth-order valence-corrected chi connectivity index (χ4v) is 5.70. The number of nitrogens with zero attached hydrogens (tertiary/aromatic N) is 5. The number of halogens is 1. The highest BCUT2D eigenvalue weighted by molar-refractivity contribution is 7.98. The van der Waals surface area contributed by atoms with Crippen LogP contribution in [-0.2, 0) is 11.5 Å². The van der Waals surface area contributed by atoms with E-state index < -0.39 is 0 Å². The van der Waals surface area contributed by atoms with Crippen molar-refractivity contribution in [3.63, 3.8) is 0 Å². The van der Waals surface area contributed by atoms with Crippen LogP contribution < -0.4 is 11.5 Å². The van der Waals surface area contributed by atoms with Crippen molar-refractivity contribution in [1.82, 2.24) is 24.9 Å². The number of fused-ring (bicyclic) bond motifs is 1. The second-order valence-electron chi connectivity index (χ2n) is 9.13. The van der Waals surface area contributed by atoms with Crippen LogP contribution in [0.1, 0.15) is 21.5 Å². The number of pyridine rings is 1. The first-order valence-corrected chi connectivity index (χ1v) is 15.4. The fraction of sp³-hybridized carbons (Fsp3) is 0.0625. The minimum atomic E-state index is 0.227. The van der Waals surface area contributed by atoms with Gasteiger partial charge in [0.05, 0.1) is 5.56 Å². The van der Waals surface area contributed by atoms with Crippen LogP contribution in [0.3, 0.4) is 0 Å². The second-order valence-corrected chi connectivity index (χ2v) is 11.4. The van der Waals surface area contributed by atoms with Crippen LogP contribution >= 0.6 is 35.1 Å². The van der Waals surface area contributed by atoms with E-state index in [9.17, 15) is 4.79 Å². The highest BCUT2D eigenvalue weighted by atomic mass is 35.5. The van der Waals surface area contributed by atoms with Gasteiger partial charge in [0.2, 0.25) is 0 Å². The van der Waals surface area contributed by atoms with Crippen LogP contribution in [0.2, 0.25) is 5.02 Å². The van der Waals surface area contributed by atoms with E-state index in [1.54, 1.807) is 18.0 Å². The van der Waals surface area contributed by atoms with Gasteiger partial charge in [0, 0.05) is 45.4 Å². The Morgan fingerprint density at radius 2 is 1.26 bits per heavy atom. The SMILES string of the molecule is Nc1nc(SCc2ccccc2)ncc1C=O.Nc1nc2nc(SCc3ccccc3)ncc2cc1-c1ccccc1Cl. The summed E-state index contributed by atoms with van der Waals surface area (Å²) in [4.78, 5) is 32.1. The number of anilines is 2. The third kappa shape index (κ3) is 8.07. The van der Waals surface area contributed by atoms with Crippen molar-refractivity contribution in [2.75, 3.05) is 11.5 Å². The molecule has 8 nitrogen and oxygen atoms in total. The molecular formula is C32H26ClN7OS2. The van der Waals surface area contributed by atoms with E-state index in [2.05, 4.69) is 37.1 Å². The number of carbonyl (C=O) groups excluding carboxylic acids is 1. The molecule has 6 aromatic rings. The highest BCUT2D eigenvalue weighted by Gasteiger charge is 2.11. The third-order valence-corrected chi connectivity index (χ3v) is 8.31. The maximum atomic E-state index is 10.6. The zero-order chi connectivity index (χ0) is 30.0. The second kappa shape index (κ2) is 14.6. The van der Waals surface area contributed by atoms with Crippen molar-refractivity contribution in [3.05, 3.63) is 125 Å². The Bertz CT molecular complexity index is 1840. The number of hydrogen-bond acceptors (Lipinski definition) is 10. The maximum absolute atomic E-state index is 10.6. The molecule has 0 amide bonds. The Labute approximate surface area is 262 Å². The normalized spacial score (nSPS) is 10.6. The lowest BCUT2D eigenvalue weighted by Gasteiger charge is -2.09. The first-order valence-electron chi connectivity index (χ1n) is 13.1. The Morgan fingerprint density at radius 3 is 1.86 bits per heavy atom. The molecule has 6 rings (SSSR count). The fourth-order valence-electron chi connectivity index (χ4n) is 3.92. The van der Waals surface area contributed by atoms with Gasteiger partial charge < -0.3 is 11.5 Å². The molecule has 0 radical (unpaired) electrons. The highest BCUT2D eigenvalue weighted by Crippen LogP contribution is 2.33. The Morgan fingerprint density at radius 1 is 0.674 bits per heavy atom. The first kappa shape index (κ1) is 30.0. The van der Waals surface area contributed by atoms with E-state index in [1.165, 1.54) is 29.1 Å². The predicted molar refractivity (Wildman–Crippen MR) is 176 cm³/mol. The van der Waals surface area contributed by atoms with Crippen LogP contribution in [0.25, 0.3) is 22.2 Å². The molecule has 43 heavy (non-hydrogen) atoms. The van der Waals surface area contributed by atoms with Crippen LogP contribution in [-0.4, -0.2) is 31.2 Å². The Hall–Kier alpha value is -4.51. The van der Waals surface area contributed by atoms with Gasteiger partial charge in [-0.25, -0.2) is 24.9 Å². The summed E-state index contributed by atoms with van der Waals surface area (Å²) in [5, 5.41) is 2.73. The molecule has 0 fully saturated rings. The van der Waals surface area contributed by atoms with Gasteiger partial charge in [-0.1, -0.05) is 114 Å². The van der Waals surface area contributed by atoms with Crippen molar-refractivity contribution in [1.29, 1.82) is 0 Å². The van der Waals surface area contributed by atoms with Gasteiger partial charge in [-0.2, -0.15) is 0 Å². The lowest BCUT2D eigenvalue weighted by molar-refractivity contribution is 0.112. The van der Waals surface area contributed by atoms with E-state index in [-0.39, 0.29) is 5.82 Å². The van der Waals surface area contributed by atoms with E-state index in [1.807, 2.05) is 78.9 Å². The van der Waals surface area contributed by atoms with Crippen molar-refractivity contribution in [2.45, 2.75) is 21.8 Å². The molecule has 0 atom stereocenters. The maximum Gasteiger partial charge on any atom is 0.189 e. The van der Waals surface area contributed by atoms with Crippen LogP contribution in [0.15, 0.2) is 114 Å². The van der Waals surface area contributed by atoms with E-state index >= 15 is 0 Å². The number of nitrogens with two attached hydrogens (primary N) is 2. The smallest absolute Gasteiger partial charge is 0.189 e. The summed E-state index contributed by atoms with van der Waals surface area (Å²) in [6.45, 7) is 0. The van der Waals surface area contributed by atoms with Gasteiger partial charge in [-0.15, -0.1) is 0 Å². The molecule has 0 unspecified atom stereocenters. The van der Waals surface area contributed by atoms with E-state index in [0.717, 1.165) is 28.0 Å². The number of hydrogen-bond donors (Lipinski definition) is 2. The van der Waals surface area contributed by atoms with Crippen LogP contribution in [0.4, 0.5) is 11.6 Å². The van der Waals surface area contributed by atoms with Gasteiger partial charge in [0.25, 0.3) is 0 Å². The predicted octanol–water partition coefficient (Wildman–Crippen LogP) is 7.38. The lowest BCUT2D eigenvalue weighted by atomic mass is 10.1. The average Bonchev–Trinajstić information content (AvgIpc) is 3.04. The van der Waals surface area contributed by atoms with Gasteiger partial charge in [-0.3, -0.25) is 4.79 Å². The molecule has 0 bridgehead atoms. The largest absolute Gasteiger partial charge is 0.383 e. The summed E-state index contributed by atoms with van der Waals surface area (Å²) in [6, 6.07) is 29.7. The Balaban J connectivity index is 0.000000188. The summed E-state index contributed by atoms with van der Waals surface area (Å²) in [5.74, 6) is 2.22. The van der Waals surface area contributed by atoms with Crippen LogP contribution in [0.5, 0.6) is 0 Å². The monoisotopic (exact) mass is 623 g/mol. The molecule has 0 spiro atoms. The minimum absolute atomic E-state index is 0.227. The zero-order valence-corrected chi connectivity index (χ0v) is 25.2. The summed E-state index contributed by atoms with van der Waals surface area (Å²) in [7, 11) is 0. The molecule has 0 aliphatic rings. The molecule has 0 aliphatic carbocycles. The molecule has 214 valence electrons. The third-order valence-electron chi connectivity index (χ3n) is 6.11. The molecule has 0 saturated carbocycles. The molecule has 4 N–H and O–H groups in total. The summed E-state index contributed by atoms with van der Waals surface area (Å²) < 4.78 is 0. The number of carbonyl (C=O) groups is 1. The zero-order valence-electron chi connectivity index (χ0n) is 22.8. The quantitative estimate of drug-likeness (QED) is 0.100. The lowest BCUT2D eigenvalue weighted by Crippen LogP contribution is -1.99. The number of rotatable bonds is 8. The summed E-state index contributed by atoms with van der Waals surface area (Å²) in [6.07, 6.45) is 3.88. The van der Waals surface area contributed by atoms with Crippen molar-refractivity contribution < 1.29 is 4.79 Å². The summed E-state index contributed by atoms with van der Waals surface area (Å²) >= 11 is 9.35. The minimum Gasteiger partial charge on any atom is -0.383 e. The number of nitrogen functional groups attached to an aromatic ring is 2. The molecule has 0 saturated heterocycles. The van der Waals surface area contributed by atoms with E-state index in [4.69, 9.17) is 23.1 Å². The van der Waals surface area contributed by atoms with Gasteiger partial charge in [0.1, 0.15) is 11.6 Å². The van der Waals surface area contributed by atoms with Gasteiger partial charge >= 0.3 is 0 Å². The summed E-state index contributed by atoms with van der Waals surface area (Å²) in [5.41, 5.74) is 16.7. The average molecular weight is 624 g/mol.